The molecule has 1 aromatic rings. The third kappa shape index (κ3) is 3.01. The van der Waals surface area contributed by atoms with Crippen LogP contribution in [0.25, 0.3) is 0 Å². The molecule has 0 aromatic heterocycles. The molecule has 1 saturated heterocycles. The second-order valence-electron chi connectivity index (χ2n) is 5.97. The van der Waals surface area contributed by atoms with Gasteiger partial charge in [-0.2, -0.15) is 0 Å². The van der Waals surface area contributed by atoms with E-state index in [0.717, 1.165) is 22.6 Å². The van der Waals surface area contributed by atoms with Gasteiger partial charge in [0.05, 0.1) is 6.61 Å². The lowest BCUT2D eigenvalue weighted by Crippen LogP contribution is -2.40. The van der Waals surface area contributed by atoms with E-state index in [1.165, 1.54) is 7.05 Å². The number of rotatable bonds is 5. The average molecular weight is 290 g/mol. The Bertz CT molecular complexity index is 539. The van der Waals surface area contributed by atoms with Crippen molar-refractivity contribution in [2.45, 2.75) is 32.7 Å². The Morgan fingerprint density at radius 3 is 2.33 bits per heavy atom. The molecule has 1 aromatic carbocycles. The maximum absolute atomic E-state index is 12.2. The third-order valence-electron chi connectivity index (χ3n) is 3.79. The lowest BCUT2D eigenvalue weighted by Gasteiger charge is -2.22. The molecule has 0 radical (unpaired) electrons. The second kappa shape index (κ2) is 5.76. The number of hydrogen-bond acceptors (Lipinski definition) is 3. The first kappa shape index (κ1) is 15.4. The van der Waals surface area contributed by atoms with Crippen molar-refractivity contribution < 1.29 is 14.3 Å². The van der Waals surface area contributed by atoms with Gasteiger partial charge >= 0.3 is 6.03 Å². The molecule has 3 amide bonds. The molecular formula is C16H22N2O3. The summed E-state index contributed by atoms with van der Waals surface area (Å²) >= 11 is 0. The summed E-state index contributed by atoms with van der Waals surface area (Å²) in [5, 5.41) is 2.72. The van der Waals surface area contributed by atoms with Gasteiger partial charge in [0.15, 0.2) is 0 Å². The Morgan fingerprint density at radius 2 is 1.86 bits per heavy atom. The summed E-state index contributed by atoms with van der Waals surface area (Å²) in [6, 6.07) is 6.93. The molecule has 114 valence electrons. The number of amides is 3. The molecule has 5 heteroatoms. The van der Waals surface area contributed by atoms with E-state index in [1.54, 1.807) is 6.92 Å². The zero-order chi connectivity index (χ0) is 15.6. The fourth-order valence-corrected chi connectivity index (χ4v) is 2.27. The largest absolute Gasteiger partial charge is 0.494 e. The lowest BCUT2D eigenvalue weighted by molar-refractivity contribution is -0.130. The Labute approximate surface area is 125 Å². The molecule has 0 spiro atoms. The zero-order valence-corrected chi connectivity index (χ0v) is 13.0. The Morgan fingerprint density at radius 1 is 1.24 bits per heavy atom. The number of carbonyl (C=O) groups is 2. The van der Waals surface area contributed by atoms with E-state index in [0.29, 0.717) is 12.5 Å². The van der Waals surface area contributed by atoms with Gasteiger partial charge in [-0.1, -0.05) is 26.0 Å². The predicted molar refractivity (Wildman–Crippen MR) is 80.0 cm³/mol. The fourth-order valence-electron chi connectivity index (χ4n) is 2.27. The molecule has 21 heavy (non-hydrogen) atoms. The smallest absolute Gasteiger partial charge is 0.325 e. The zero-order valence-electron chi connectivity index (χ0n) is 13.0. The van der Waals surface area contributed by atoms with E-state index in [2.05, 4.69) is 19.2 Å². The summed E-state index contributed by atoms with van der Waals surface area (Å²) in [6.45, 7) is 6.69. The van der Waals surface area contributed by atoms with Crippen LogP contribution in [0.3, 0.4) is 0 Å². The SMILES string of the molecule is CC(C)CCOc1ccc(C2(C)NC(=O)N(C)C2=O)cc1. The lowest BCUT2D eigenvalue weighted by atomic mass is 9.92. The highest BCUT2D eigenvalue weighted by molar-refractivity contribution is 6.06. The van der Waals surface area contributed by atoms with Crippen LogP contribution in [0, 0.1) is 5.92 Å². The van der Waals surface area contributed by atoms with Gasteiger partial charge in [-0.05, 0) is 37.0 Å². The first-order valence-corrected chi connectivity index (χ1v) is 7.18. The van der Waals surface area contributed by atoms with Crippen molar-refractivity contribution in [2.75, 3.05) is 13.7 Å². The van der Waals surface area contributed by atoms with Gasteiger partial charge in [-0.15, -0.1) is 0 Å². The quantitative estimate of drug-likeness (QED) is 0.848. The number of nitrogens with zero attached hydrogens (tertiary/aromatic N) is 1. The fraction of sp³-hybridized carbons (Fsp3) is 0.500. The van der Waals surface area contributed by atoms with E-state index >= 15 is 0 Å². The van der Waals surface area contributed by atoms with Crippen molar-refractivity contribution in [2.24, 2.45) is 5.92 Å². The minimum Gasteiger partial charge on any atom is -0.494 e. The van der Waals surface area contributed by atoms with Crippen molar-refractivity contribution in [1.29, 1.82) is 0 Å². The van der Waals surface area contributed by atoms with E-state index in [1.807, 2.05) is 24.3 Å². The first-order chi connectivity index (χ1) is 9.84. The maximum atomic E-state index is 12.2. The minimum atomic E-state index is -0.998. The number of likely N-dealkylation sites (N-methyl/N-ethyl adjacent to an activating group) is 1. The van der Waals surface area contributed by atoms with E-state index in [9.17, 15) is 9.59 Å². The van der Waals surface area contributed by atoms with Crippen molar-refractivity contribution >= 4 is 11.9 Å². The van der Waals surface area contributed by atoms with E-state index < -0.39 is 5.54 Å². The molecule has 0 aliphatic carbocycles. The molecule has 1 heterocycles. The number of urea groups is 1. The van der Waals surface area contributed by atoms with Gasteiger partial charge in [-0.3, -0.25) is 9.69 Å². The van der Waals surface area contributed by atoms with Crippen molar-refractivity contribution in [1.82, 2.24) is 10.2 Å². The normalized spacial score (nSPS) is 21.9. The summed E-state index contributed by atoms with van der Waals surface area (Å²) in [5.41, 5.74) is -0.246. The molecule has 1 N–H and O–H groups in total. The standard InChI is InChI=1S/C16H22N2O3/c1-11(2)9-10-21-13-7-5-12(6-8-13)16(3)14(19)18(4)15(20)17-16/h5-8,11H,9-10H2,1-4H3,(H,17,20). The van der Waals surface area contributed by atoms with Crippen LogP contribution in [0.1, 0.15) is 32.8 Å². The molecule has 1 fully saturated rings. The Kier molecular flexibility index (Phi) is 4.21. The van der Waals surface area contributed by atoms with Crippen molar-refractivity contribution in [3.63, 3.8) is 0 Å². The van der Waals surface area contributed by atoms with Gasteiger partial charge in [0.25, 0.3) is 5.91 Å². The van der Waals surface area contributed by atoms with Crippen LogP contribution in [-0.2, 0) is 10.3 Å². The van der Waals surface area contributed by atoms with Gasteiger partial charge in [0.1, 0.15) is 11.3 Å². The average Bonchev–Trinajstić information content (AvgIpc) is 2.64. The van der Waals surface area contributed by atoms with Crippen LogP contribution in [0.2, 0.25) is 0 Å². The van der Waals surface area contributed by atoms with Crippen LogP contribution in [0.4, 0.5) is 4.79 Å². The first-order valence-electron chi connectivity index (χ1n) is 7.18. The Hall–Kier alpha value is -2.04. The van der Waals surface area contributed by atoms with Crippen LogP contribution in [-0.4, -0.2) is 30.5 Å². The highest BCUT2D eigenvalue weighted by Crippen LogP contribution is 2.29. The van der Waals surface area contributed by atoms with Gasteiger partial charge in [0.2, 0.25) is 0 Å². The van der Waals surface area contributed by atoms with E-state index in [4.69, 9.17) is 4.74 Å². The molecule has 5 nitrogen and oxygen atoms in total. The molecular weight excluding hydrogens is 268 g/mol. The summed E-state index contributed by atoms with van der Waals surface area (Å²) in [7, 11) is 1.48. The van der Waals surface area contributed by atoms with Crippen molar-refractivity contribution in [3.05, 3.63) is 29.8 Å². The minimum absolute atomic E-state index is 0.249. The number of benzene rings is 1. The second-order valence-corrected chi connectivity index (χ2v) is 5.97. The highest BCUT2D eigenvalue weighted by Gasteiger charge is 2.47. The number of ether oxygens (including phenoxy) is 1. The number of nitrogens with one attached hydrogen (secondary N) is 1. The Balaban J connectivity index is 2.09. The summed E-state index contributed by atoms with van der Waals surface area (Å²) in [6.07, 6.45) is 0.999. The van der Waals surface area contributed by atoms with Crippen molar-refractivity contribution in [3.8, 4) is 5.75 Å². The molecule has 1 aliphatic heterocycles. The highest BCUT2D eigenvalue weighted by atomic mass is 16.5. The van der Waals surface area contributed by atoms with Gasteiger partial charge in [0, 0.05) is 7.05 Å². The predicted octanol–water partition coefficient (Wildman–Crippen LogP) is 2.51. The number of carbonyl (C=O) groups excluding carboxylic acids is 2. The van der Waals surface area contributed by atoms with Crippen LogP contribution >= 0.6 is 0 Å². The summed E-state index contributed by atoms with van der Waals surface area (Å²) in [5.74, 6) is 1.12. The molecule has 1 aliphatic rings. The monoisotopic (exact) mass is 290 g/mol. The topological polar surface area (TPSA) is 58.6 Å². The third-order valence-corrected chi connectivity index (χ3v) is 3.79. The maximum Gasteiger partial charge on any atom is 0.325 e. The van der Waals surface area contributed by atoms with Crippen LogP contribution in [0.15, 0.2) is 24.3 Å². The number of hydrogen-bond donors (Lipinski definition) is 1. The van der Waals surface area contributed by atoms with Gasteiger partial charge < -0.3 is 10.1 Å². The molecule has 1 unspecified atom stereocenters. The molecule has 0 saturated carbocycles. The molecule has 2 rings (SSSR count). The van der Waals surface area contributed by atoms with E-state index in [-0.39, 0.29) is 11.9 Å². The van der Waals surface area contributed by atoms with Crippen LogP contribution < -0.4 is 10.1 Å². The number of imide groups is 1. The summed E-state index contributed by atoms with van der Waals surface area (Å²) in [4.78, 5) is 24.9. The summed E-state index contributed by atoms with van der Waals surface area (Å²) < 4.78 is 5.65. The van der Waals surface area contributed by atoms with Crippen LogP contribution in [0.5, 0.6) is 5.75 Å². The van der Waals surface area contributed by atoms with Gasteiger partial charge in [-0.25, -0.2) is 4.79 Å². The molecule has 1 atom stereocenters. The molecule has 0 bridgehead atoms.